The summed E-state index contributed by atoms with van der Waals surface area (Å²) in [6.45, 7) is 0.923. The summed E-state index contributed by atoms with van der Waals surface area (Å²) in [4.78, 5) is 11.8. The number of unbranched alkanes of at least 4 members (excludes halogenated alkanes) is 3. The number of nitrogens with one attached hydrogen (secondary N) is 1. The van der Waals surface area contributed by atoms with E-state index >= 15 is 0 Å². The maximum absolute atomic E-state index is 11.8. The molecule has 0 fully saturated rings. The molecule has 0 aliphatic heterocycles. The predicted octanol–water partition coefficient (Wildman–Crippen LogP) is 2.46. The lowest BCUT2D eigenvalue weighted by atomic mass is 10.1. The van der Waals surface area contributed by atoms with Gasteiger partial charge in [0, 0.05) is 18.7 Å². The summed E-state index contributed by atoms with van der Waals surface area (Å²) in [7, 11) is 0. The van der Waals surface area contributed by atoms with E-state index in [0.717, 1.165) is 56.3 Å². The molecule has 20 heavy (non-hydrogen) atoms. The molecule has 0 aromatic heterocycles. The van der Waals surface area contributed by atoms with Crippen molar-refractivity contribution in [2.45, 2.75) is 44.9 Å². The van der Waals surface area contributed by atoms with Crippen molar-refractivity contribution < 1.29 is 9.90 Å². The van der Waals surface area contributed by atoms with Gasteiger partial charge in [-0.1, -0.05) is 25.0 Å². The molecule has 0 aliphatic carbocycles. The van der Waals surface area contributed by atoms with Gasteiger partial charge in [-0.3, -0.25) is 4.79 Å². The molecule has 1 aromatic carbocycles. The quantitative estimate of drug-likeness (QED) is 0.575. The third-order valence-corrected chi connectivity index (χ3v) is 3.19. The molecular formula is C16H26N2O2. The molecule has 4 heteroatoms. The van der Waals surface area contributed by atoms with Crippen molar-refractivity contribution in [2.24, 2.45) is 5.73 Å². The monoisotopic (exact) mass is 278 g/mol. The lowest BCUT2D eigenvalue weighted by molar-refractivity contribution is -0.116. The normalized spacial score (nSPS) is 10.5. The van der Waals surface area contributed by atoms with Crippen LogP contribution in [0, 0.1) is 0 Å². The van der Waals surface area contributed by atoms with Crippen LogP contribution in [0.3, 0.4) is 0 Å². The molecule has 0 atom stereocenters. The molecule has 0 radical (unpaired) electrons. The topological polar surface area (TPSA) is 75.4 Å². The summed E-state index contributed by atoms with van der Waals surface area (Å²) in [5, 5.41) is 11.7. The Morgan fingerprint density at radius 2 is 1.95 bits per heavy atom. The molecule has 112 valence electrons. The minimum Gasteiger partial charge on any atom is -0.396 e. The van der Waals surface area contributed by atoms with Crippen LogP contribution in [0.15, 0.2) is 24.3 Å². The predicted molar refractivity (Wildman–Crippen MR) is 82.6 cm³/mol. The van der Waals surface area contributed by atoms with E-state index in [1.807, 2.05) is 24.3 Å². The van der Waals surface area contributed by atoms with Crippen molar-refractivity contribution in [3.63, 3.8) is 0 Å². The average Bonchev–Trinajstić information content (AvgIpc) is 2.45. The van der Waals surface area contributed by atoms with Gasteiger partial charge in [0.2, 0.25) is 5.91 Å². The van der Waals surface area contributed by atoms with E-state index in [0.29, 0.717) is 6.42 Å². The van der Waals surface area contributed by atoms with Crippen molar-refractivity contribution >= 4 is 11.6 Å². The van der Waals surface area contributed by atoms with Gasteiger partial charge in [-0.15, -0.1) is 0 Å². The second kappa shape index (κ2) is 10.4. The van der Waals surface area contributed by atoms with Crippen molar-refractivity contribution in [3.05, 3.63) is 29.8 Å². The summed E-state index contributed by atoms with van der Waals surface area (Å²) < 4.78 is 0. The van der Waals surface area contributed by atoms with E-state index in [1.54, 1.807) is 0 Å². The maximum Gasteiger partial charge on any atom is 0.224 e. The summed E-state index contributed by atoms with van der Waals surface area (Å²) in [6.07, 6.45) is 6.25. The summed E-state index contributed by atoms with van der Waals surface area (Å²) in [6, 6.07) is 7.82. The highest BCUT2D eigenvalue weighted by Gasteiger charge is 2.03. The van der Waals surface area contributed by atoms with E-state index in [-0.39, 0.29) is 12.5 Å². The number of hydrogen-bond acceptors (Lipinski definition) is 3. The number of aliphatic hydroxyl groups excluding tert-OH is 1. The first-order chi connectivity index (χ1) is 9.76. The number of benzene rings is 1. The number of aryl methyl sites for hydroxylation is 1. The Bertz CT molecular complexity index is 394. The van der Waals surface area contributed by atoms with Gasteiger partial charge in [0.15, 0.2) is 0 Å². The van der Waals surface area contributed by atoms with E-state index in [2.05, 4.69) is 5.32 Å². The van der Waals surface area contributed by atoms with Gasteiger partial charge in [-0.05, 0) is 49.9 Å². The van der Waals surface area contributed by atoms with Gasteiger partial charge >= 0.3 is 0 Å². The Morgan fingerprint density at radius 3 is 2.70 bits per heavy atom. The van der Waals surface area contributed by atoms with Gasteiger partial charge in [-0.2, -0.15) is 0 Å². The maximum atomic E-state index is 11.8. The van der Waals surface area contributed by atoms with Gasteiger partial charge in [-0.25, -0.2) is 0 Å². The van der Waals surface area contributed by atoms with Crippen LogP contribution >= 0.6 is 0 Å². The largest absolute Gasteiger partial charge is 0.396 e. The fraction of sp³-hybridized carbons (Fsp3) is 0.562. The molecular weight excluding hydrogens is 252 g/mol. The number of anilines is 1. The number of nitrogens with two attached hydrogens (primary N) is 1. The Balaban J connectivity index is 2.30. The highest BCUT2D eigenvalue weighted by molar-refractivity contribution is 5.90. The van der Waals surface area contributed by atoms with Crippen LogP contribution in [0.2, 0.25) is 0 Å². The van der Waals surface area contributed by atoms with Crippen molar-refractivity contribution in [1.82, 2.24) is 0 Å². The van der Waals surface area contributed by atoms with Crippen molar-refractivity contribution in [1.29, 1.82) is 0 Å². The minimum absolute atomic E-state index is 0.0667. The van der Waals surface area contributed by atoms with E-state index in [4.69, 9.17) is 10.8 Å². The fourth-order valence-corrected chi connectivity index (χ4v) is 2.09. The number of hydrogen-bond donors (Lipinski definition) is 3. The SMILES string of the molecule is NCCCCCCC(=O)Nc1cccc(CCCO)c1. The number of carbonyl (C=O) groups excluding carboxylic acids is 1. The molecule has 4 nitrogen and oxygen atoms in total. The van der Waals surface area contributed by atoms with Crippen molar-refractivity contribution in [3.8, 4) is 0 Å². The number of rotatable bonds is 10. The lowest BCUT2D eigenvalue weighted by Crippen LogP contribution is -2.11. The first-order valence-electron chi connectivity index (χ1n) is 7.46. The molecule has 0 heterocycles. The van der Waals surface area contributed by atoms with Crippen LogP contribution in [0.5, 0.6) is 0 Å². The molecule has 1 aromatic rings. The molecule has 0 saturated carbocycles. The van der Waals surface area contributed by atoms with E-state index < -0.39 is 0 Å². The zero-order valence-electron chi connectivity index (χ0n) is 12.1. The van der Waals surface area contributed by atoms with Crippen LogP contribution in [0.4, 0.5) is 5.69 Å². The smallest absolute Gasteiger partial charge is 0.224 e. The highest BCUT2D eigenvalue weighted by atomic mass is 16.2. The molecule has 1 amide bonds. The van der Waals surface area contributed by atoms with Crippen LogP contribution < -0.4 is 11.1 Å². The van der Waals surface area contributed by atoms with Gasteiger partial charge in [0.1, 0.15) is 0 Å². The number of carbonyl (C=O) groups is 1. The summed E-state index contributed by atoms with van der Waals surface area (Å²) >= 11 is 0. The molecule has 4 N–H and O–H groups in total. The third kappa shape index (κ3) is 7.26. The Hall–Kier alpha value is -1.39. The lowest BCUT2D eigenvalue weighted by Gasteiger charge is -2.07. The second-order valence-electron chi connectivity index (χ2n) is 5.03. The van der Waals surface area contributed by atoms with E-state index in [1.165, 1.54) is 0 Å². The first-order valence-corrected chi connectivity index (χ1v) is 7.46. The highest BCUT2D eigenvalue weighted by Crippen LogP contribution is 2.13. The molecule has 0 aliphatic rings. The summed E-state index contributed by atoms with van der Waals surface area (Å²) in [5.41, 5.74) is 7.41. The molecule has 0 unspecified atom stereocenters. The van der Waals surface area contributed by atoms with Crippen molar-refractivity contribution in [2.75, 3.05) is 18.5 Å². The molecule has 0 saturated heterocycles. The zero-order valence-corrected chi connectivity index (χ0v) is 12.1. The zero-order chi connectivity index (χ0) is 14.6. The average molecular weight is 278 g/mol. The Labute approximate surface area is 121 Å². The molecule has 0 spiro atoms. The Morgan fingerprint density at radius 1 is 1.15 bits per heavy atom. The third-order valence-electron chi connectivity index (χ3n) is 3.19. The standard InChI is InChI=1S/C16H26N2O2/c17-11-4-2-1-3-10-16(20)18-15-9-5-7-14(13-15)8-6-12-19/h5,7,9,13,19H,1-4,6,8,10-12,17H2,(H,18,20). The Kier molecular flexibility index (Phi) is 8.67. The number of aliphatic hydroxyl groups is 1. The second-order valence-corrected chi connectivity index (χ2v) is 5.03. The van der Waals surface area contributed by atoms with Gasteiger partial charge < -0.3 is 16.2 Å². The van der Waals surface area contributed by atoms with Crippen LogP contribution in [0.25, 0.3) is 0 Å². The van der Waals surface area contributed by atoms with Gasteiger partial charge in [0.25, 0.3) is 0 Å². The first kappa shape index (κ1) is 16.7. The summed E-state index contributed by atoms with van der Waals surface area (Å²) in [5.74, 6) is 0.0667. The molecule has 1 rings (SSSR count). The van der Waals surface area contributed by atoms with E-state index in [9.17, 15) is 4.79 Å². The van der Waals surface area contributed by atoms with Crippen LogP contribution in [0.1, 0.15) is 44.1 Å². The fourth-order valence-electron chi connectivity index (χ4n) is 2.09. The van der Waals surface area contributed by atoms with Gasteiger partial charge in [0.05, 0.1) is 0 Å². The van der Waals surface area contributed by atoms with Crippen LogP contribution in [-0.2, 0) is 11.2 Å². The minimum atomic E-state index is 0.0667. The number of amides is 1. The molecule has 0 bridgehead atoms. The van der Waals surface area contributed by atoms with Crippen LogP contribution in [-0.4, -0.2) is 24.2 Å².